The maximum Gasteiger partial charge on any atom is 0.0335 e. The lowest BCUT2D eigenvalue weighted by Crippen LogP contribution is -2.61. The van der Waals surface area contributed by atoms with Gasteiger partial charge in [0.1, 0.15) is 0 Å². The van der Waals surface area contributed by atoms with E-state index in [9.17, 15) is 0 Å². The maximum absolute atomic E-state index is 6.33. The zero-order valence-corrected chi connectivity index (χ0v) is 13.4. The third-order valence-corrected chi connectivity index (χ3v) is 6.72. The molecule has 116 valence electrons. The molecule has 1 saturated heterocycles. The van der Waals surface area contributed by atoms with E-state index in [1.54, 1.807) is 0 Å². The molecule has 0 amide bonds. The molecule has 2 saturated carbocycles. The lowest BCUT2D eigenvalue weighted by molar-refractivity contribution is -0.0266. The van der Waals surface area contributed by atoms with Gasteiger partial charge in [0.05, 0.1) is 0 Å². The predicted molar refractivity (Wildman–Crippen MR) is 85.7 cm³/mol. The van der Waals surface area contributed by atoms with Crippen LogP contribution in [-0.2, 0) is 0 Å². The molecule has 0 aromatic heterocycles. The summed E-state index contributed by atoms with van der Waals surface area (Å²) in [5, 5.41) is 0. The maximum atomic E-state index is 6.33. The number of fused-ring (bicyclic) bond motifs is 1. The van der Waals surface area contributed by atoms with Gasteiger partial charge in [0, 0.05) is 18.1 Å². The van der Waals surface area contributed by atoms with Crippen molar-refractivity contribution in [1.82, 2.24) is 4.90 Å². The molecular weight excluding hydrogens is 244 g/mol. The minimum absolute atomic E-state index is 0.373. The summed E-state index contributed by atoms with van der Waals surface area (Å²) in [5.74, 6) is 1.99. The van der Waals surface area contributed by atoms with Crippen molar-refractivity contribution in [3.8, 4) is 0 Å². The van der Waals surface area contributed by atoms with Gasteiger partial charge in [-0.15, -0.1) is 0 Å². The fourth-order valence-electron chi connectivity index (χ4n) is 5.56. The van der Waals surface area contributed by atoms with Crippen LogP contribution in [0.15, 0.2) is 0 Å². The molecule has 3 rings (SSSR count). The van der Waals surface area contributed by atoms with Crippen LogP contribution in [-0.4, -0.2) is 29.6 Å². The third-order valence-electron chi connectivity index (χ3n) is 6.72. The van der Waals surface area contributed by atoms with Crippen molar-refractivity contribution in [2.75, 3.05) is 13.1 Å². The summed E-state index contributed by atoms with van der Waals surface area (Å²) in [4.78, 5) is 2.91. The second kappa shape index (κ2) is 6.36. The molecule has 0 radical (unpaired) electrons. The number of hydrogen-bond acceptors (Lipinski definition) is 2. The molecule has 2 aliphatic carbocycles. The summed E-state index contributed by atoms with van der Waals surface area (Å²) >= 11 is 0. The molecule has 2 atom stereocenters. The van der Waals surface area contributed by atoms with Gasteiger partial charge in [-0.05, 0) is 69.7 Å². The molecule has 0 aromatic carbocycles. The summed E-state index contributed by atoms with van der Waals surface area (Å²) in [6.07, 6.45) is 15.7. The van der Waals surface area contributed by atoms with Crippen LogP contribution in [0, 0.1) is 11.8 Å². The first-order valence-electron chi connectivity index (χ1n) is 9.26. The van der Waals surface area contributed by atoms with E-state index in [0.29, 0.717) is 5.54 Å². The van der Waals surface area contributed by atoms with Crippen molar-refractivity contribution in [2.24, 2.45) is 17.6 Å². The fraction of sp³-hybridized carbons (Fsp3) is 1.00. The first-order valence-corrected chi connectivity index (χ1v) is 9.26. The summed E-state index contributed by atoms with van der Waals surface area (Å²) < 4.78 is 0. The minimum Gasteiger partial charge on any atom is -0.329 e. The van der Waals surface area contributed by atoms with Crippen LogP contribution >= 0.6 is 0 Å². The van der Waals surface area contributed by atoms with E-state index < -0.39 is 0 Å². The third kappa shape index (κ3) is 2.66. The number of likely N-dealkylation sites (tertiary alicyclic amines) is 1. The van der Waals surface area contributed by atoms with Gasteiger partial charge in [-0.1, -0.05) is 26.2 Å². The molecule has 20 heavy (non-hydrogen) atoms. The molecule has 0 aromatic rings. The lowest BCUT2D eigenvalue weighted by atomic mass is 9.72. The highest BCUT2D eigenvalue weighted by Gasteiger charge is 2.46. The molecule has 0 spiro atoms. The van der Waals surface area contributed by atoms with Crippen molar-refractivity contribution in [2.45, 2.75) is 89.1 Å². The van der Waals surface area contributed by atoms with E-state index >= 15 is 0 Å². The number of nitrogens with two attached hydrogens (primary N) is 1. The lowest BCUT2D eigenvalue weighted by Gasteiger charge is -2.53. The molecular formula is C18H34N2. The van der Waals surface area contributed by atoms with E-state index in [2.05, 4.69) is 11.8 Å². The van der Waals surface area contributed by atoms with E-state index in [1.165, 1.54) is 77.2 Å². The Labute approximate surface area is 125 Å². The predicted octanol–water partition coefficient (Wildman–Crippen LogP) is 3.94. The van der Waals surface area contributed by atoms with Gasteiger partial charge in [-0.2, -0.15) is 0 Å². The number of nitrogens with zero attached hydrogens (tertiary/aromatic N) is 1. The quantitative estimate of drug-likeness (QED) is 0.844. The second-order valence-electron chi connectivity index (χ2n) is 7.75. The highest BCUT2D eigenvalue weighted by Crippen LogP contribution is 2.45. The molecule has 2 nitrogen and oxygen atoms in total. The van der Waals surface area contributed by atoms with Gasteiger partial charge in [0.2, 0.25) is 0 Å². The van der Waals surface area contributed by atoms with E-state index in [1.807, 2.05) is 0 Å². The van der Waals surface area contributed by atoms with Gasteiger partial charge in [-0.3, -0.25) is 4.90 Å². The van der Waals surface area contributed by atoms with Gasteiger partial charge < -0.3 is 5.73 Å². The Bertz CT molecular complexity index is 307. The van der Waals surface area contributed by atoms with E-state index in [-0.39, 0.29) is 0 Å². The number of piperidine rings is 1. The molecule has 1 aliphatic heterocycles. The van der Waals surface area contributed by atoms with Gasteiger partial charge in [0.25, 0.3) is 0 Å². The van der Waals surface area contributed by atoms with E-state index in [4.69, 9.17) is 5.73 Å². The van der Waals surface area contributed by atoms with Gasteiger partial charge in [-0.25, -0.2) is 0 Å². The van der Waals surface area contributed by atoms with Crippen LogP contribution in [0.5, 0.6) is 0 Å². The number of rotatable bonds is 4. The molecule has 2 unspecified atom stereocenters. The van der Waals surface area contributed by atoms with Crippen molar-refractivity contribution in [3.63, 3.8) is 0 Å². The normalized spacial score (nSPS) is 42.6. The van der Waals surface area contributed by atoms with Crippen LogP contribution in [0.25, 0.3) is 0 Å². The Balaban J connectivity index is 1.69. The van der Waals surface area contributed by atoms with Crippen molar-refractivity contribution in [3.05, 3.63) is 0 Å². The zero-order valence-electron chi connectivity index (χ0n) is 13.4. The van der Waals surface area contributed by atoms with Crippen LogP contribution in [0.1, 0.15) is 77.6 Å². The molecule has 3 aliphatic rings. The van der Waals surface area contributed by atoms with Gasteiger partial charge >= 0.3 is 0 Å². The molecule has 1 heterocycles. The summed E-state index contributed by atoms with van der Waals surface area (Å²) in [6.45, 7) is 4.56. The summed E-state index contributed by atoms with van der Waals surface area (Å²) in [5.41, 5.74) is 6.70. The first kappa shape index (κ1) is 14.8. The molecule has 3 fully saturated rings. The van der Waals surface area contributed by atoms with Crippen LogP contribution < -0.4 is 5.73 Å². The Kier molecular flexibility index (Phi) is 4.72. The fourth-order valence-corrected chi connectivity index (χ4v) is 5.56. The number of hydrogen-bond donors (Lipinski definition) is 1. The minimum atomic E-state index is 0.373. The highest BCUT2D eigenvalue weighted by molar-refractivity contribution is 5.02. The topological polar surface area (TPSA) is 29.3 Å². The average molecular weight is 278 g/mol. The summed E-state index contributed by atoms with van der Waals surface area (Å²) in [7, 11) is 0. The zero-order chi connectivity index (χ0) is 14.0. The summed E-state index contributed by atoms with van der Waals surface area (Å²) in [6, 6.07) is 0.884. The largest absolute Gasteiger partial charge is 0.329 e. The van der Waals surface area contributed by atoms with Crippen molar-refractivity contribution < 1.29 is 0 Å². The monoisotopic (exact) mass is 278 g/mol. The van der Waals surface area contributed by atoms with Crippen LogP contribution in [0.2, 0.25) is 0 Å². The Morgan fingerprint density at radius 1 is 1.05 bits per heavy atom. The Morgan fingerprint density at radius 3 is 2.50 bits per heavy atom. The first-order chi connectivity index (χ1) is 9.79. The highest BCUT2D eigenvalue weighted by atomic mass is 15.2. The van der Waals surface area contributed by atoms with Crippen LogP contribution in [0.4, 0.5) is 0 Å². The second-order valence-corrected chi connectivity index (χ2v) is 7.75. The standard InChI is InChI=1S/C18H34N2/c1-2-5-15-9-11-18(14-19,12-10-15)20-13-4-7-16-6-3-8-17(16)20/h15-17H,2-14,19H2,1H3. The average Bonchev–Trinajstić information content (AvgIpc) is 2.97. The Morgan fingerprint density at radius 2 is 1.80 bits per heavy atom. The molecule has 2 heteroatoms. The molecule has 0 bridgehead atoms. The van der Waals surface area contributed by atoms with Crippen molar-refractivity contribution >= 4 is 0 Å². The van der Waals surface area contributed by atoms with Gasteiger partial charge in [0.15, 0.2) is 0 Å². The SMILES string of the molecule is CCCC1CCC(CN)(N2CCCC3CCCC32)CC1. The Hall–Kier alpha value is -0.0800. The van der Waals surface area contributed by atoms with Crippen LogP contribution in [0.3, 0.4) is 0 Å². The van der Waals surface area contributed by atoms with Crippen molar-refractivity contribution in [1.29, 1.82) is 0 Å². The molecule has 2 N–H and O–H groups in total. The van der Waals surface area contributed by atoms with E-state index in [0.717, 1.165) is 24.4 Å². The smallest absolute Gasteiger partial charge is 0.0335 e.